The maximum atomic E-state index is 12.4. The number of thioether (sulfide) groups is 1. The summed E-state index contributed by atoms with van der Waals surface area (Å²) in [5.74, 6) is 0.0498. The van der Waals surface area contributed by atoms with E-state index in [0.29, 0.717) is 10.3 Å². The molecule has 0 bridgehead atoms. The highest BCUT2D eigenvalue weighted by Gasteiger charge is 2.13. The summed E-state index contributed by atoms with van der Waals surface area (Å²) in [6.45, 7) is 4.09. The van der Waals surface area contributed by atoms with Crippen molar-refractivity contribution in [2.24, 2.45) is 0 Å². The molecule has 0 saturated carbocycles. The van der Waals surface area contributed by atoms with Gasteiger partial charge in [-0.2, -0.15) is 4.68 Å². The smallest absolute Gasteiger partial charge is 0.236 e. The Bertz CT molecular complexity index is 1140. The molecule has 30 heavy (non-hydrogen) atoms. The minimum atomic E-state index is -0.144. The summed E-state index contributed by atoms with van der Waals surface area (Å²) in [4.78, 5) is 17.8. The molecule has 2 aromatic heterocycles. The Hall–Kier alpha value is -3.04. The lowest BCUT2D eigenvalue weighted by molar-refractivity contribution is -0.113. The van der Waals surface area contributed by atoms with E-state index < -0.39 is 0 Å². The zero-order chi connectivity index (χ0) is 20.9. The Morgan fingerprint density at radius 1 is 1.07 bits per heavy atom. The molecule has 9 heteroatoms. The molecule has 1 N–H and O–H groups in total. The van der Waals surface area contributed by atoms with Gasteiger partial charge < -0.3 is 5.32 Å². The topological polar surface area (TPSA) is 85.6 Å². The first-order valence-corrected chi connectivity index (χ1v) is 11.2. The molecule has 2 heterocycles. The number of hydrogen-bond acceptors (Lipinski definition) is 7. The van der Waals surface area contributed by atoms with Crippen LogP contribution in [0, 0.1) is 13.8 Å². The minimum absolute atomic E-state index is 0.144. The number of carbonyl (C=O) groups excluding carboxylic acids is 1. The van der Waals surface area contributed by atoms with E-state index in [0.717, 1.165) is 22.5 Å². The van der Waals surface area contributed by atoms with Crippen molar-refractivity contribution in [1.82, 2.24) is 25.2 Å². The highest BCUT2D eigenvalue weighted by Crippen LogP contribution is 2.23. The van der Waals surface area contributed by atoms with Crippen molar-refractivity contribution < 1.29 is 4.79 Å². The predicted molar refractivity (Wildman–Crippen MR) is 119 cm³/mol. The largest absolute Gasteiger partial charge is 0.301 e. The van der Waals surface area contributed by atoms with Crippen LogP contribution in [-0.4, -0.2) is 36.9 Å². The van der Waals surface area contributed by atoms with E-state index in [1.165, 1.54) is 34.2 Å². The second kappa shape index (κ2) is 9.19. The quantitative estimate of drug-likeness (QED) is 0.440. The number of anilines is 1. The summed E-state index contributed by atoms with van der Waals surface area (Å²) in [5.41, 5.74) is 4.47. The summed E-state index contributed by atoms with van der Waals surface area (Å²) >= 11 is 2.77. The number of hydrogen-bond donors (Lipinski definition) is 1. The van der Waals surface area contributed by atoms with E-state index in [4.69, 9.17) is 0 Å². The van der Waals surface area contributed by atoms with E-state index in [2.05, 4.69) is 57.0 Å². The van der Waals surface area contributed by atoms with E-state index in [-0.39, 0.29) is 11.7 Å². The van der Waals surface area contributed by atoms with Gasteiger partial charge in [0.25, 0.3) is 0 Å². The molecule has 0 aliphatic heterocycles. The molecule has 0 atom stereocenters. The van der Waals surface area contributed by atoms with Gasteiger partial charge in [0.1, 0.15) is 0 Å². The van der Waals surface area contributed by atoms with Crippen LogP contribution in [0.5, 0.6) is 0 Å². The van der Waals surface area contributed by atoms with Gasteiger partial charge in [-0.3, -0.25) is 4.79 Å². The average molecular weight is 437 g/mol. The number of amides is 1. The van der Waals surface area contributed by atoms with Gasteiger partial charge in [-0.1, -0.05) is 59.3 Å². The molecule has 0 aliphatic carbocycles. The van der Waals surface area contributed by atoms with Crippen LogP contribution in [0.4, 0.5) is 5.13 Å². The van der Waals surface area contributed by atoms with Gasteiger partial charge in [-0.25, -0.2) is 4.98 Å². The minimum Gasteiger partial charge on any atom is -0.301 e. The van der Waals surface area contributed by atoms with Gasteiger partial charge in [0.2, 0.25) is 11.1 Å². The molecule has 1 amide bonds. The van der Waals surface area contributed by atoms with Gasteiger partial charge >= 0.3 is 0 Å². The molecule has 0 unspecified atom stereocenters. The van der Waals surface area contributed by atoms with Gasteiger partial charge in [0.15, 0.2) is 5.13 Å². The number of aryl methyl sites for hydroxylation is 2. The molecule has 0 aliphatic rings. The molecule has 0 saturated heterocycles. The molecule has 0 fully saturated rings. The Morgan fingerprint density at radius 3 is 2.50 bits per heavy atom. The van der Waals surface area contributed by atoms with Crippen LogP contribution in [0.2, 0.25) is 0 Å². The van der Waals surface area contributed by atoms with Crippen molar-refractivity contribution in [1.29, 1.82) is 0 Å². The highest BCUT2D eigenvalue weighted by atomic mass is 32.2. The molecular formula is C21H20N6OS2. The number of tetrazole rings is 1. The van der Waals surface area contributed by atoms with Crippen molar-refractivity contribution in [2.45, 2.75) is 25.4 Å². The van der Waals surface area contributed by atoms with E-state index in [1.807, 2.05) is 37.4 Å². The van der Waals surface area contributed by atoms with Crippen LogP contribution < -0.4 is 5.32 Å². The van der Waals surface area contributed by atoms with Gasteiger partial charge in [0, 0.05) is 17.5 Å². The van der Waals surface area contributed by atoms with Crippen LogP contribution in [0.3, 0.4) is 0 Å². The van der Waals surface area contributed by atoms with Crippen LogP contribution in [0.25, 0.3) is 5.69 Å². The van der Waals surface area contributed by atoms with Gasteiger partial charge in [-0.15, -0.1) is 16.4 Å². The normalized spacial score (nSPS) is 10.9. The third kappa shape index (κ3) is 5.11. The van der Waals surface area contributed by atoms with Crippen LogP contribution in [0.15, 0.2) is 59.9 Å². The second-order valence-electron chi connectivity index (χ2n) is 6.84. The van der Waals surface area contributed by atoms with Gasteiger partial charge in [0.05, 0.1) is 11.4 Å². The molecule has 152 valence electrons. The summed E-state index contributed by atoms with van der Waals surface area (Å²) in [6, 6.07) is 16.3. The van der Waals surface area contributed by atoms with Crippen molar-refractivity contribution in [2.75, 3.05) is 11.1 Å². The molecule has 2 aromatic carbocycles. The second-order valence-corrected chi connectivity index (χ2v) is 8.90. The standard InChI is InChI=1S/C21H20N6OS2/c1-14-3-7-16(8-4-14)11-18-12-22-20(30-18)23-19(28)13-29-21-24-25-26-27(21)17-9-5-15(2)6-10-17/h3-10,12H,11,13H2,1-2H3,(H,22,23,28). The van der Waals surface area contributed by atoms with Gasteiger partial charge in [-0.05, 0) is 42.0 Å². The first-order chi connectivity index (χ1) is 14.6. The number of aromatic nitrogens is 5. The number of nitrogens with one attached hydrogen (secondary N) is 1. The highest BCUT2D eigenvalue weighted by molar-refractivity contribution is 7.99. The Balaban J connectivity index is 1.33. The van der Waals surface area contributed by atoms with Crippen molar-refractivity contribution >= 4 is 34.1 Å². The Labute approximate surface area is 182 Å². The summed E-state index contributed by atoms with van der Waals surface area (Å²) < 4.78 is 1.63. The fourth-order valence-corrected chi connectivity index (χ4v) is 4.31. The predicted octanol–water partition coefficient (Wildman–Crippen LogP) is 4.06. The molecule has 0 radical (unpaired) electrons. The maximum absolute atomic E-state index is 12.4. The number of rotatable bonds is 7. The fourth-order valence-electron chi connectivity index (χ4n) is 2.76. The number of benzene rings is 2. The molecule has 4 aromatic rings. The number of thiazole rings is 1. The zero-order valence-electron chi connectivity index (χ0n) is 16.6. The van der Waals surface area contributed by atoms with E-state index in [9.17, 15) is 4.79 Å². The number of nitrogens with zero attached hydrogens (tertiary/aromatic N) is 5. The Morgan fingerprint density at radius 2 is 1.77 bits per heavy atom. The molecule has 0 spiro atoms. The third-order valence-corrected chi connectivity index (χ3v) is 6.18. The number of carbonyl (C=O) groups is 1. The maximum Gasteiger partial charge on any atom is 0.236 e. The SMILES string of the molecule is Cc1ccc(Cc2cnc(NC(=O)CSc3nnnn3-c3ccc(C)cc3)s2)cc1. The lowest BCUT2D eigenvalue weighted by atomic mass is 10.1. The lowest BCUT2D eigenvalue weighted by Crippen LogP contribution is -2.14. The van der Waals surface area contributed by atoms with E-state index in [1.54, 1.807) is 4.68 Å². The average Bonchev–Trinajstić information content (AvgIpc) is 3.38. The monoisotopic (exact) mass is 436 g/mol. The molecular weight excluding hydrogens is 416 g/mol. The zero-order valence-corrected chi connectivity index (χ0v) is 18.2. The van der Waals surface area contributed by atoms with Crippen LogP contribution >= 0.6 is 23.1 Å². The first-order valence-electron chi connectivity index (χ1n) is 9.35. The summed E-state index contributed by atoms with van der Waals surface area (Å²) in [6.07, 6.45) is 2.61. The van der Waals surface area contributed by atoms with Crippen molar-refractivity contribution in [3.63, 3.8) is 0 Å². The van der Waals surface area contributed by atoms with Crippen LogP contribution in [-0.2, 0) is 11.2 Å². The van der Waals surface area contributed by atoms with E-state index >= 15 is 0 Å². The molecule has 4 rings (SSSR count). The summed E-state index contributed by atoms with van der Waals surface area (Å²) in [5, 5.41) is 15.8. The Kier molecular flexibility index (Phi) is 6.20. The third-order valence-electron chi connectivity index (χ3n) is 4.35. The summed E-state index contributed by atoms with van der Waals surface area (Å²) in [7, 11) is 0. The lowest BCUT2D eigenvalue weighted by Gasteiger charge is -2.04. The fraction of sp³-hybridized carbons (Fsp3) is 0.190. The molecule has 7 nitrogen and oxygen atoms in total. The van der Waals surface area contributed by atoms with Crippen LogP contribution in [0.1, 0.15) is 21.6 Å². The van der Waals surface area contributed by atoms with Crippen molar-refractivity contribution in [3.8, 4) is 5.69 Å². The van der Waals surface area contributed by atoms with Crippen molar-refractivity contribution in [3.05, 3.63) is 76.3 Å². The first kappa shape index (κ1) is 20.2.